The number of hydrogen-bond donors (Lipinski definition) is 3. The highest BCUT2D eigenvalue weighted by Crippen LogP contribution is 2.27. The molecule has 0 atom stereocenters. The van der Waals surface area contributed by atoms with Gasteiger partial charge in [0.05, 0.1) is 23.2 Å². The number of rotatable bonds is 8. The monoisotopic (exact) mass is 403 g/mol. The maximum Gasteiger partial charge on any atom is 0.227 e. The highest BCUT2D eigenvalue weighted by molar-refractivity contribution is 7.13. The molecule has 144 valence electrons. The van der Waals surface area contributed by atoms with Gasteiger partial charge in [0.25, 0.3) is 0 Å². The minimum absolute atomic E-state index is 0.434. The number of thiophene rings is 1. The van der Waals surface area contributed by atoms with Crippen molar-refractivity contribution in [3.05, 3.63) is 65.9 Å². The summed E-state index contributed by atoms with van der Waals surface area (Å²) in [5.74, 6) is 1.91. The number of ether oxygens (including phenoxy) is 1. The first-order valence-electron chi connectivity index (χ1n) is 8.86. The molecule has 0 aliphatic heterocycles. The number of imidazole rings is 1. The predicted molar refractivity (Wildman–Crippen MR) is 112 cm³/mol. The molecule has 4 aromatic rings. The number of aromatic amines is 1. The predicted octanol–water partition coefficient (Wildman–Crippen LogP) is 4.03. The SMILES string of the molecule is N#Cc1cnc(Nc2ccc(OCCNc3ncc[nH]3)cc2)nc1-c1cccs1. The number of nitriles is 1. The number of hydrogen-bond acceptors (Lipinski definition) is 8. The molecule has 0 unspecified atom stereocenters. The average Bonchev–Trinajstić information content (AvgIpc) is 3.47. The second-order valence-electron chi connectivity index (χ2n) is 5.91. The molecule has 0 saturated carbocycles. The van der Waals surface area contributed by atoms with Crippen molar-refractivity contribution in [2.45, 2.75) is 0 Å². The van der Waals surface area contributed by atoms with Crippen molar-refractivity contribution in [2.75, 3.05) is 23.8 Å². The van der Waals surface area contributed by atoms with Crippen LogP contribution < -0.4 is 15.4 Å². The molecule has 0 radical (unpaired) electrons. The molecule has 0 fully saturated rings. The van der Waals surface area contributed by atoms with Gasteiger partial charge in [0, 0.05) is 18.1 Å². The number of benzene rings is 1. The number of nitrogens with zero attached hydrogens (tertiary/aromatic N) is 4. The molecule has 0 aliphatic carbocycles. The van der Waals surface area contributed by atoms with Crippen molar-refractivity contribution in [3.63, 3.8) is 0 Å². The van der Waals surface area contributed by atoms with Crippen molar-refractivity contribution in [2.24, 2.45) is 0 Å². The number of nitrogens with one attached hydrogen (secondary N) is 3. The third kappa shape index (κ3) is 4.69. The lowest BCUT2D eigenvalue weighted by molar-refractivity contribution is 0.332. The first kappa shape index (κ1) is 18.5. The van der Waals surface area contributed by atoms with Crippen LogP contribution in [0.3, 0.4) is 0 Å². The van der Waals surface area contributed by atoms with Crippen molar-refractivity contribution in [3.8, 4) is 22.4 Å². The lowest BCUT2D eigenvalue weighted by atomic mass is 10.2. The number of anilines is 3. The van der Waals surface area contributed by atoms with Gasteiger partial charge in [-0.3, -0.25) is 0 Å². The molecule has 0 bridgehead atoms. The van der Waals surface area contributed by atoms with Gasteiger partial charge in [-0.2, -0.15) is 5.26 Å². The minimum atomic E-state index is 0.434. The Labute approximate surface area is 171 Å². The Hall–Kier alpha value is -3.90. The Bertz CT molecular complexity index is 1090. The second kappa shape index (κ2) is 8.86. The molecule has 3 N–H and O–H groups in total. The van der Waals surface area contributed by atoms with Gasteiger partial charge in [0.15, 0.2) is 5.95 Å². The molecule has 29 heavy (non-hydrogen) atoms. The van der Waals surface area contributed by atoms with Crippen molar-refractivity contribution in [1.29, 1.82) is 5.26 Å². The molecule has 3 aromatic heterocycles. The highest BCUT2D eigenvalue weighted by Gasteiger charge is 2.10. The van der Waals surface area contributed by atoms with Gasteiger partial charge in [0.1, 0.15) is 24.1 Å². The van der Waals surface area contributed by atoms with Gasteiger partial charge in [-0.1, -0.05) is 6.07 Å². The summed E-state index contributed by atoms with van der Waals surface area (Å²) in [5.41, 5.74) is 1.90. The zero-order valence-corrected chi connectivity index (χ0v) is 16.1. The van der Waals surface area contributed by atoms with Gasteiger partial charge in [0.2, 0.25) is 5.95 Å². The topological polar surface area (TPSA) is 112 Å². The van der Waals surface area contributed by atoms with Crippen LogP contribution in [0.4, 0.5) is 17.6 Å². The maximum absolute atomic E-state index is 9.30. The number of H-pyrrole nitrogens is 1. The average molecular weight is 403 g/mol. The summed E-state index contributed by atoms with van der Waals surface area (Å²) in [6, 6.07) is 13.5. The first-order valence-corrected chi connectivity index (χ1v) is 9.74. The Morgan fingerprint density at radius 1 is 1.17 bits per heavy atom. The Kier molecular flexibility index (Phi) is 5.64. The molecule has 9 heteroatoms. The van der Waals surface area contributed by atoms with Crippen LogP contribution in [-0.4, -0.2) is 33.1 Å². The summed E-state index contributed by atoms with van der Waals surface area (Å²) in [6.07, 6.45) is 4.99. The van der Waals surface area contributed by atoms with E-state index in [-0.39, 0.29) is 0 Å². The molecule has 0 aliphatic rings. The van der Waals surface area contributed by atoms with Crippen molar-refractivity contribution in [1.82, 2.24) is 19.9 Å². The van der Waals surface area contributed by atoms with E-state index in [0.29, 0.717) is 30.4 Å². The van der Waals surface area contributed by atoms with E-state index in [2.05, 4.69) is 36.6 Å². The van der Waals surface area contributed by atoms with Crippen LogP contribution in [0.2, 0.25) is 0 Å². The van der Waals surface area contributed by atoms with Crippen molar-refractivity contribution < 1.29 is 4.74 Å². The van der Waals surface area contributed by atoms with Gasteiger partial charge in [-0.15, -0.1) is 11.3 Å². The van der Waals surface area contributed by atoms with Crippen molar-refractivity contribution >= 4 is 28.9 Å². The number of aromatic nitrogens is 4. The van der Waals surface area contributed by atoms with Gasteiger partial charge in [-0.05, 0) is 35.7 Å². The van der Waals surface area contributed by atoms with Gasteiger partial charge < -0.3 is 20.4 Å². The van der Waals surface area contributed by atoms with Gasteiger partial charge >= 0.3 is 0 Å². The Balaban J connectivity index is 1.36. The van der Waals surface area contributed by atoms with E-state index in [1.807, 2.05) is 41.8 Å². The molecule has 4 rings (SSSR count). The Morgan fingerprint density at radius 2 is 2.07 bits per heavy atom. The van der Waals surface area contributed by atoms with E-state index in [0.717, 1.165) is 22.3 Å². The summed E-state index contributed by atoms with van der Waals surface area (Å²) in [6.45, 7) is 1.15. The molecule has 3 heterocycles. The maximum atomic E-state index is 9.30. The molecule has 8 nitrogen and oxygen atoms in total. The zero-order valence-electron chi connectivity index (χ0n) is 15.3. The zero-order chi connectivity index (χ0) is 19.9. The summed E-state index contributed by atoms with van der Waals surface area (Å²) in [7, 11) is 0. The molecule has 0 amide bonds. The minimum Gasteiger partial charge on any atom is -0.492 e. The molecule has 1 aromatic carbocycles. The fourth-order valence-electron chi connectivity index (χ4n) is 2.59. The fraction of sp³-hybridized carbons (Fsp3) is 0.100. The fourth-order valence-corrected chi connectivity index (χ4v) is 3.32. The summed E-state index contributed by atoms with van der Waals surface area (Å²) < 4.78 is 5.71. The summed E-state index contributed by atoms with van der Waals surface area (Å²) in [5, 5.41) is 17.5. The largest absolute Gasteiger partial charge is 0.492 e. The molecule has 0 spiro atoms. The highest BCUT2D eigenvalue weighted by atomic mass is 32.1. The van der Waals surface area contributed by atoms with E-state index in [9.17, 15) is 5.26 Å². The summed E-state index contributed by atoms with van der Waals surface area (Å²) in [4.78, 5) is 16.7. The first-order chi connectivity index (χ1) is 14.3. The second-order valence-corrected chi connectivity index (χ2v) is 6.86. The van der Waals surface area contributed by atoms with Crippen LogP contribution in [0.25, 0.3) is 10.6 Å². The van der Waals surface area contributed by atoms with E-state index < -0.39 is 0 Å². The van der Waals surface area contributed by atoms with E-state index in [1.165, 1.54) is 17.5 Å². The quantitative estimate of drug-likeness (QED) is 0.381. The van der Waals surface area contributed by atoms with Crippen LogP contribution in [0.5, 0.6) is 5.75 Å². The Morgan fingerprint density at radius 3 is 2.79 bits per heavy atom. The van der Waals surface area contributed by atoms with Crippen LogP contribution in [0, 0.1) is 11.3 Å². The third-order valence-corrected chi connectivity index (χ3v) is 4.81. The van der Waals surface area contributed by atoms with Gasteiger partial charge in [-0.25, -0.2) is 15.0 Å². The third-order valence-electron chi connectivity index (χ3n) is 3.94. The van der Waals surface area contributed by atoms with Crippen LogP contribution in [0.1, 0.15) is 5.56 Å². The lowest BCUT2D eigenvalue weighted by Gasteiger charge is -2.09. The van der Waals surface area contributed by atoms with E-state index in [1.54, 1.807) is 12.4 Å². The standard InChI is InChI=1S/C20H17N7OS/c21-12-14-13-25-20(27-18(14)17-2-1-11-29-17)26-15-3-5-16(6-4-15)28-10-9-24-19-22-7-8-23-19/h1-8,11,13H,9-10H2,(H2,22,23,24)(H,25,26,27). The smallest absolute Gasteiger partial charge is 0.227 e. The molecular weight excluding hydrogens is 386 g/mol. The summed E-state index contributed by atoms with van der Waals surface area (Å²) >= 11 is 1.53. The normalized spacial score (nSPS) is 10.3. The van der Waals surface area contributed by atoms with Crippen LogP contribution in [-0.2, 0) is 0 Å². The molecule has 0 saturated heterocycles. The van der Waals surface area contributed by atoms with E-state index in [4.69, 9.17) is 4.74 Å². The van der Waals surface area contributed by atoms with Crippen LogP contribution >= 0.6 is 11.3 Å². The molecular formula is C20H17N7OS. The lowest BCUT2D eigenvalue weighted by Crippen LogP contribution is -2.12. The van der Waals surface area contributed by atoms with Crippen LogP contribution in [0.15, 0.2) is 60.4 Å². The van der Waals surface area contributed by atoms with E-state index >= 15 is 0 Å².